The highest BCUT2D eigenvalue weighted by Crippen LogP contribution is 2.39. The molecule has 0 aromatic carbocycles. The van der Waals surface area contributed by atoms with Crippen LogP contribution in [0.25, 0.3) is 0 Å². The molecule has 1 N–H and O–H groups in total. The van der Waals surface area contributed by atoms with Gasteiger partial charge in [0.05, 0.1) is 0 Å². The van der Waals surface area contributed by atoms with Crippen LogP contribution < -0.4 is 0 Å². The van der Waals surface area contributed by atoms with Crippen LogP contribution in [-0.2, 0) is 0 Å². The SMILES string of the molecule is CCC(O)(CC)C(F)(F)C(F)Cl. The summed E-state index contributed by atoms with van der Waals surface area (Å²) in [6, 6.07) is 0. The molecule has 0 aliphatic carbocycles. The lowest BCUT2D eigenvalue weighted by atomic mass is 9.90. The van der Waals surface area contributed by atoms with Gasteiger partial charge in [0.2, 0.25) is 5.63 Å². The van der Waals surface area contributed by atoms with E-state index in [1.807, 2.05) is 0 Å². The minimum atomic E-state index is -3.89. The Labute approximate surface area is 74.5 Å². The first-order valence-electron chi connectivity index (χ1n) is 3.70. The fraction of sp³-hybridized carbons (Fsp3) is 1.00. The van der Waals surface area contributed by atoms with Gasteiger partial charge in [-0.3, -0.25) is 0 Å². The van der Waals surface area contributed by atoms with Crippen molar-refractivity contribution in [2.75, 3.05) is 0 Å². The molecular weight excluding hydrogens is 193 g/mol. The Morgan fingerprint density at radius 1 is 1.33 bits per heavy atom. The van der Waals surface area contributed by atoms with Crippen LogP contribution in [0, 0.1) is 0 Å². The Kier molecular flexibility index (Phi) is 3.85. The molecular formula is C7H12ClF3O. The summed E-state index contributed by atoms with van der Waals surface area (Å²) in [5.74, 6) is -3.89. The van der Waals surface area contributed by atoms with E-state index in [-0.39, 0.29) is 12.8 Å². The molecule has 0 fully saturated rings. The van der Waals surface area contributed by atoms with Crippen LogP contribution in [0.2, 0.25) is 0 Å². The van der Waals surface area contributed by atoms with E-state index >= 15 is 0 Å². The average Bonchev–Trinajstić information content (AvgIpc) is 2.02. The summed E-state index contributed by atoms with van der Waals surface area (Å²) in [5.41, 5.74) is -5.18. The molecule has 0 rings (SSSR count). The van der Waals surface area contributed by atoms with Crippen LogP contribution >= 0.6 is 11.6 Å². The standard InChI is InChI=1S/C7H12ClF3O/c1-3-6(12,4-2)7(10,11)5(8)9/h5,12H,3-4H2,1-2H3. The molecule has 74 valence electrons. The van der Waals surface area contributed by atoms with Gasteiger partial charge in [0.1, 0.15) is 5.60 Å². The van der Waals surface area contributed by atoms with E-state index in [0.717, 1.165) is 0 Å². The molecule has 0 saturated heterocycles. The summed E-state index contributed by atoms with van der Waals surface area (Å²) < 4.78 is 37.9. The van der Waals surface area contributed by atoms with E-state index in [1.165, 1.54) is 13.8 Å². The van der Waals surface area contributed by atoms with Crippen molar-refractivity contribution in [3.05, 3.63) is 0 Å². The van der Waals surface area contributed by atoms with E-state index in [4.69, 9.17) is 0 Å². The summed E-state index contributed by atoms with van der Waals surface area (Å²) in [4.78, 5) is 0. The highest BCUT2D eigenvalue weighted by Gasteiger charge is 2.55. The van der Waals surface area contributed by atoms with Gasteiger partial charge in [-0.1, -0.05) is 25.4 Å². The molecule has 5 heteroatoms. The van der Waals surface area contributed by atoms with Crippen molar-refractivity contribution in [3.63, 3.8) is 0 Å². The lowest BCUT2D eigenvalue weighted by Gasteiger charge is -2.34. The van der Waals surface area contributed by atoms with Crippen LogP contribution in [0.4, 0.5) is 13.2 Å². The normalized spacial score (nSPS) is 16.2. The molecule has 0 spiro atoms. The molecule has 0 heterocycles. The monoisotopic (exact) mass is 204 g/mol. The smallest absolute Gasteiger partial charge is 0.320 e. The summed E-state index contributed by atoms with van der Waals surface area (Å²) in [5, 5.41) is 9.25. The molecule has 0 radical (unpaired) electrons. The number of aliphatic hydroxyl groups is 1. The Morgan fingerprint density at radius 2 is 1.67 bits per heavy atom. The molecule has 0 aliphatic rings. The third-order valence-corrected chi connectivity index (χ3v) is 2.34. The van der Waals surface area contributed by atoms with Crippen LogP contribution in [0.3, 0.4) is 0 Å². The van der Waals surface area contributed by atoms with Gasteiger partial charge < -0.3 is 5.11 Å². The second kappa shape index (κ2) is 3.83. The van der Waals surface area contributed by atoms with E-state index in [2.05, 4.69) is 11.6 Å². The zero-order chi connectivity index (χ0) is 9.99. The molecule has 0 aromatic heterocycles. The average molecular weight is 205 g/mol. The Hall–Kier alpha value is 0.0400. The lowest BCUT2D eigenvalue weighted by Crippen LogP contribution is -2.51. The highest BCUT2D eigenvalue weighted by molar-refractivity contribution is 6.20. The van der Waals surface area contributed by atoms with Gasteiger partial charge in [-0.2, -0.15) is 8.78 Å². The third-order valence-electron chi connectivity index (χ3n) is 2.06. The quantitative estimate of drug-likeness (QED) is 0.699. The van der Waals surface area contributed by atoms with Crippen molar-refractivity contribution in [2.45, 2.75) is 43.8 Å². The van der Waals surface area contributed by atoms with Gasteiger partial charge in [0.25, 0.3) is 0 Å². The fourth-order valence-electron chi connectivity index (χ4n) is 0.924. The number of alkyl halides is 4. The van der Waals surface area contributed by atoms with Crippen LogP contribution in [0.1, 0.15) is 26.7 Å². The first-order valence-corrected chi connectivity index (χ1v) is 4.13. The molecule has 0 aromatic rings. The number of hydrogen-bond donors (Lipinski definition) is 1. The predicted molar refractivity (Wildman–Crippen MR) is 41.2 cm³/mol. The molecule has 12 heavy (non-hydrogen) atoms. The summed E-state index contributed by atoms with van der Waals surface area (Å²) in [7, 11) is 0. The summed E-state index contributed by atoms with van der Waals surface area (Å²) >= 11 is 4.63. The van der Waals surface area contributed by atoms with Crippen molar-refractivity contribution in [1.82, 2.24) is 0 Å². The maximum Gasteiger partial charge on any atom is 0.320 e. The zero-order valence-electron chi connectivity index (χ0n) is 6.95. The minimum absolute atomic E-state index is 0.232. The Morgan fingerprint density at radius 3 is 1.75 bits per heavy atom. The summed E-state index contributed by atoms with van der Waals surface area (Å²) in [6.45, 7) is 2.72. The van der Waals surface area contributed by atoms with Gasteiger partial charge >= 0.3 is 5.92 Å². The fourth-order valence-corrected chi connectivity index (χ4v) is 1.13. The first kappa shape index (κ1) is 12.0. The Bertz CT molecular complexity index is 143. The van der Waals surface area contributed by atoms with Crippen molar-refractivity contribution >= 4 is 11.6 Å². The number of rotatable bonds is 4. The van der Waals surface area contributed by atoms with Crippen LogP contribution in [-0.4, -0.2) is 22.3 Å². The topological polar surface area (TPSA) is 20.2 Å². The molecule has 1 nitrogen and oxygen atoms in total. The second-order valence-corrected chi connectivity index (χ2v) is 3.05. The summed E-state index contributed by atoms with van der Waals surface area (Å²) in [6.07, 6.45) is -0.465. The van der Waals surface area contributed by atoms with E-state index in [9.17, 15) is 18.3 Å². The van der Waals surface area contributed by atoms with E-state index < -0.39 is 17.2 Å². The molecule has 1 atom stereocenters. The molecule has 0 aliphatic heterocycles. The van der Waals surface area contributed by atoms with Gasteiger partial charge in [-0.05, 0) is 12.8 Å². The van der Waals surface area contributed by atoms with Crippen LogP contribution in [0.15, 0.2) is 0 Å². The van der Waals surface area contributed by atoms with Crippen molar-refractivity contribution < 1.29 is 18.3 Å². The van der Waals surface area contributed by atoms with E-state index in [1.54, 1.807) is 0 Å². The van der Waals surface area contributed by atoms with Crippen molar-refractivity contribution in [1.29, 1.82) is 0 Å². The van der Waals surface area contributed by atoms with Gasteiger partial charge in [-0.15, -0.1) is 0 Å². The van der Waals surface area contributed by atoms with Crippen molar-refractivity contribution in [2.24, 2.45) is 0 Å². The first-order chi connectivity index (χ1) is 5.31. The highest BCUT2D eigenvalue weighted by atomic mass is 35.5. The lowest BCUT2D eigenvalue weighted by molar-refractivity contribution is -0.201. The third kappa shape index (κ3) is 1.85. The maximum absolute atomic E-state index is 12.8. The van der Waals surface area contributed by atoms with E-state index in [0.29, 0.717) is 0 Å². The molecule has 0 saturated carbocycles. The molecule has 1 unspecified atom stereocenters. The zero-order valence-corrected chi connectivity index (χ0v) is 7.71. The molecule has 0 amide bonds. The molecule has 0 bridgehead atoms. The minimum Gasteiger partial charge on any atom is -0.383 e. The van der Waals surface area contributed by atoms with Gasteiger partial charge in [0, 0.05) is 0 Å². The maximum atomic E-state index is 12.8. The van der Waals surface area contributed by atoms with Crippen LogP contribution in [0.5, 0.6) is 0 Å². The Balaban J connectivity index is 4.70. The largest absolute Gasteiger partial charge is 0.383 e. The predicted octanol–water partition coefficient (Wildman–Crippen LogP) is 2.71. The van der Waals surface area contributed by atoms with Crippen molar-refractivity contribution in [3.8, 4) is 0 Å². The number of halogens is 4. The second-order valence-electron chi connectivity index (χ2n) is 2.66. The van der Waals surface area contributed by atoms with Gasteiger partial charge in [-0.25, -0.2) is 4.39 Å². The van der Waals surface area contributed by atoms with Gasteiger partial charge in [0.15, 0.2) is 0 Å². The number of hydrogen-bond acceptors (Lipinski definition) is 1.